The summed E-state index contributed by atoms with van der Waals surface area (Å²) >= 11 is 0. The first-order valence-corrected chi connectivity index (χ1v) is 15.6. The molecule has 0 atom stereocenters. The Kier molecular flexibility index (Phi) is 6.22. The van der Waals surface area contributed by atoms with E-state index in [2.05, 4.69) is 49.4 Å². The molecule has 43 heavy (non-hydrogen) atoms. The number of benzene rings is 4. The Morgan fingerprint density at radius 3 is 1.70 bits per heavy atom. The summed E-state index contributed by atoms with van der Waals surface area (Å²) in [4.78, 5) is 14.7. The van der Waals surface area contributed by atoms with E-state index >= 15 is 0 Å². The van der Waals surface area contributed by atoms with Crippen LogP contribution in [-0.4, -0.2) is 15.0 Å². The number of hydrogen-bond acceptors (Lipinski definition) is 4. The zero-order valence-electron chi connectivity index (χ0n) is 24.5. The minimum absolute atomic E-state index is 0.248. The molecule has 210 valence electrons. The van der Waals surface area contributed by atoms with Crippen molar-refractivity contribution in [2.24, 2.45) is 17.8 Å². The van der Waals surface area contributed by atoms with E-state index in [0.29, 0.717) is 17.5 Å². The summed E-state index contributed by atoms with van der Waals surface area (Å²) in [6, 6.07) is 35.8. The Morgan fingerprint density at radius 1 is 0.605 bits per heavy atom. The van der Waals surface area contributed by atoms with Crippen LogP contribution in [0.25, 0.3) is 45.3 Å². The lowest BCUT2D eigenvalue weighted by atomic mass is 9.48. The molecule has 0 unspecified atom stereocenters. The SMILES string of the molecule is Cc1cc(-c2cc(C#N)cc(C34C[C@H]5C[C@@H](C3)C[C@@H](C4)C5)c2)ccc1-c1nc(-c2ccccc2)nc(-c2ccccc2)n1. The van der Waals surface area contributed by atoms with Crippen molar-refractivity contribution in [1.82, 2.24) is 15.0 Å². The Bertz CT molecular complexity index is 1780. The van der Waals surface area contributed by atoms with Gasteiger partial charge in [-0.1, -0.05) is 84.9 Å². The fourth-order valence-corrected chi connectivity index (χ4v) is 8.65. The normalized spacial score (nSPS) is 23.7. The van der Waals surface area contributed by atoms with Crippen molar-refractivity contribution in [1.29, 1.82) is 5.26 Å². The number of nitrogens with zero attached hydrogens (tertiary/aromatic N) is 4. The van der Waals surface area contributed by atoms with Crippen LogP contribution in [0.5, 0.6) is 0 Å². The molecule has 4 aliphatic rings. The average molecular weight is 559 g/mol. The molecular weight excluding hydrogens is 524 g/mol. The van der Waals surface area contributed by atoms with Crippen molar-refractivity contribution in [3.63, 3.8) is 0 Å². The Hall–Kier alpha value is -4.62. The largest absolute Gasteiger partial charge is 0.208 e. The number of hydrogen-bond donors (Lipinski definition) is 0. The Labute approximate surface area is 253 Å². The van der Waals surface area contributed by atoms with Gasteiger partial charge in [-0.15, -0.1) is 0 Å². The number of aryl methyl sites for hydroxylation is 1. The summed E-state index contributed by atoms with van der Waals surface area (Å²) < 4.78 is 0. The zero-order chi connectivity index (χ0) is 29.0. The number of aromatic nitrogens is 3. The lowest BCUT2D eigenvalue weighted by Crippen LogP contribution is -2.48. The van der Waals surface area contributed by atoms with Crippen LogP contribution in [0.1, 0.15) is 55.2 Å². The van der Waals surface area contributed by atoms with E-state index in [1.54, 1.807) is 0 Å². The lowest BCUT2D eigenvalue weighted by Gasteiger charge is -2.57. The summed E-state index contributed by atoms with van der Waals surface area (Å²) in [5.74, 6) is 4.58. The van der Waals surface area contributed by atoms with Gasteiger partial charge in [0.2, 0.25) is 0 Å². The topological polar surface area (TPSA) is 62.5 Å². The second-order valence-electron chi connectivity index (χ2n) is 13.2. The molecule has 4 nitrogen and oxygen atoms in total. The maximum atomic E-state index is 10.0. The van der Waals surface area contributed by atoms with Gasteiger partial charge in [0.15, 0.2) is 17.5 Å². The highest BCUT2D eigenvalue weighted by atomic mass is 15.0. The number of rotatable bonds is 5. The van der Waals surface area contributed by atoms with Crippen LogP contribution in [0.15, 0.2) is 97.1 Å². The van der Waals surface area contributed by atoms with Gasteiger partial charge in [0, 0.05) is 16.7 Å². The number of nitriles is 1. The molecule has 4 heteroatoms. The first-order chi connectivity index (χ1) is 21.0. The molecule has 0 amide bonds. The van der Waals surface area contributed by atoms with Crippen LogP contribution in [0.4, 0.5) is 0 Å². The molecule has 0 radical (unpaired) electrons. The van der Waals surface area contributed by atoms with Crippen LogP contribution < -0.4 is 0 Å². The third-order valence-corrected chi connectivity index (χ3v) is 10.2. The van der Waals surface area contributed by atoms with Crippen molar-refractivity contribution in [3.05, 3.63) is 114 Å². The predicted octanol–water partition coefficient (Wildman–Crippen LogP) is 9.19. The molecule has 1 aromatic heterocycles. The smallest absolute Gasteiger partial charge is 0.164 e. The standard InChI is InChI=1S/C39H34N4/c1-25-14-32(33-18-29(24-40)19-34(20-33)39-21-26-15-27(22-39)17-28(16-26)23-39)12-13-35(25)38-42-36(30-8-4-2-5-9-30)41-37(43-38)31-10-6-3-7-11-31/h2-14,18-20,26-28H,15-17,21-23H2,1H3/t26-,27+,28-,39?. The van der Waals surface area contributed by atoms with E-state index < -0.39 is 0 Å². The highest BCUT2D eigenvalue weighted by molar-refractivity contribution is 5.74. The predicted molar refractivity (Wildman–Crippen MR) is 171 cm³/mol. The van der Waals surface area contributed by atoms with Gasteiger partial charge in [0.25, 0.3) is 0 Å². The van der Waals surface area contributed by atoms with Crippen LogP contribution in [0.2, 0.25) is 0 Å². The molecule has 4 aliphatic carbocycles. The maximum absolute atomic E-state index is 10.0. The van der Waals surface area contributed by atoms with Crippen molar-refractivity contribution < 1.29 is 0 Å². The molecule has 9 rings (SSSR count). The van der Waals surface area contributed by atoms with Gasteiger partial charge < -0.3 is 0 Å². The molecule has 0 N–H and O–H groups in total. The van der Waals surface area contributed by atoms with E-state index in [4.69, 9.17) is 15.0 Å². The minimum Gasteiger partial charge on any atom is -0.208 e. The first-order valence-electron chi connectivity index (χ1n) is 15.6. The van der Waals surface area contributed by atoms with Gasteiger partial charge in [-0.25, -0.2) is 15.0 Å². The fraction of sp³-hybridized carbons (Fsp3) is 0.282. The summed E-state index contributed by atoms with van der Waals surface area (Å²) in [5.41, 5.74) is 8.67. The maximum Gasteiger partial charge on any atom is 0.164 e. The highest BCUT2D eigenvalue weighted by Gasteiger charge is 2.51. The van der Waals surface area contributed by atoms with Gasteiger partial charge in [-0.3, -0.25) is 0 Å². The van der Waals surface area contributed by atoms with Gasteiger partial charge >= 0.3 is 0 Å². The van der Waals surface area contributed by atoms with E-state index in [0.717, 1.165) is 56.7 Å². The summed E-state index contributed by atoms with van der Waals surface area (Å²) in [6.07, 6.45) is 8.12. The van der Waals surface area contributed by atoms with Crippen molar-refractivity contribution in [2.45, 2.75) is 50.9 Å². The second kappa shape index (κ2) is 10.3. The monoisotopic (exact) mass is 558 g/mol. The van der Waals surface area contributed by atoms with Crippen molar-refractivity contribution >= 4 is 0 Å². The Morgan fingerprint density at radius 2 is 1.16 bits per heavy atom. The highest BCUT2D eigenvalue weighted by Crippen LogP contribution is 2.61. The van der Waals surface area contributed by atoms with Gasteiger partial charge in [0.1, 0.15) is 0 Å². The average Bonchev–Trinajstić information content (AvgIpc) is 3.04. The minimum atomic E-state index is 0.248. The lowest BCUT2D eigenvalue weighted by molar-refractivity contribution is -0.00517. The summed E-state index contributed by atoms with van der Waals surface area (Å²) in [5, 5.41) is 10.0. The molecule has 0 aliphatic heterocycles. The molecule has 4 bridgehead atoms. The molecular formula is C39H34N4. The third-order valence-electron chi connectivity index (χ3n) is 10.2. The van der Waals surface area contributed by atoms with Gasteiger partial charge in [-0.2, -0.15) is 5.26 Å². The molecule has 5 aromatic rings. The molecule has 4 saturated carbocycles. The van der Waals surface area contributed by atoms with Crippen LogP contribution in [0.3, 0.4) is 0 Å². The fourth-order valence-electron chi connectivity index (χ4n) is 8.65. The van der Waals surface area contributed by atoms with Gasteiger partial charge in [-0.05, 0) is 103 Å². The van der Waals surface area contributed by atoms with Crippen LogP contribution >= 0.6 is 0 Å². The Balaban J connectivity index is 1.20. The first kappa shape index (κ1) is 26.0. The second-order valence-corrected chi connectivity index (χ2v) is 13.2. The van der Waals surface area contributed by atoms with Crippen LogP contribution in [0, 0.1) is 36.0 Å². The zero-order valence-corrected chi connectivity index (χ0v) is 24.5. The van der Waals surface area contributed by atoms with E-state index in [9.17, 15) is 5.26 Å². The molecule has 0 saturated heterocycles. The van der Waals surface area contributed by atoms with Crippen LogP contribution in [-0.2, 0) is 5.41 Å². The molecule has 4 fully saturated rings. The summed E-state index contributed by atoms with van der Waals surface area (Å²) in [6.45, 7) is 2.13. The van der Waals surface area contributed by atoms with Crippen molar-refractivity contribution in [2.75, 3.05) is 0 Å². The van der Waals surface area contributed by atoms with Crippen molar-refractivity contribution in [3.8, 4) is 51.4 Å². The third kappa shape index (κ3) is 4.74. The van der Waals surface area contributed by atoms with E-state index in [1.807, 2.05) is 60.7 Å². The molecule has 1 heterocycles. The van der Waals surface area contributed by atoms with E-state index in [-0.39, 0.29) is 5.41 Å². The quantitative estimate of drug-likeness (QED) is 0.216. The molecule has 4 aromatic carbocycles. The summed E-state index contributed by atoms with van der Waals surface area (Å²) in [7, 11) is 0. The van der Waals surface area contributed by atoms with E-state index in [1.165, 1.54) is 44.1 Å². The van der Waals surface area contributed by atoms with Gasteiger partial charge in [0.05, 0.1) is 11.6 Å². The molecule has 0 spiro atoms.